The number of carbonyl (C=O) groups is 1. The highest BCUT2D eigenvalue weighted by Gasteiger charge is 2.44. The Morgan fingerprint density at radius 3 is 2.31 bits per heavy atom. The third kappa shape index (κ3) is 3.21. The summed E-state index contributed by atoms with van der Waals surface area (Å²) in [5.41, 5.74) is 6.78. The van der Waals surface area contributed by atoms with Crippen LogP contribution in [0.4, 0.5) is 0 Å². The number of benzene rings is 1. The highest BCUT2D eigenvalue weighted by Crippen LogP contribution is 2.47. The average molecular weight is 433 g/mol. The number of amides is 1. The second-order valence-electron chi connectivity index (χ2n) is 8.45. The first kappa shape index (κ1) is 19.2. The predicted octanol–water partition coefficient (Wildman–Crippen LogP) is 2.46. The Hall–Kier alpha value is -1.77. The molecule has 5 rings (SSSR count). The highest BCUT2D eigenvalue weighted by atomic mass is 32.2. The van der Waals surface area contributed by atoms with Crippen molar-refractivity contribution in [3.05, 3.63) is 44.5 Å². The molecule has 0 unspecified atom stereocenters. The lowest BCUT2D eigenvalue weighted by atomic mass is 9.88. The van der Waals surface area contributed by atoms with Gasteiger partial charge in [-0.25, -0.2) is 9.71 Å². The molecule has 1 saturated carbocycles. The molecule has 1 fully saturated rings. The first-order valence-corrected chi connectivity index (χ1v) is 12.5. The number of aliphatic hydroxyl groups is 1. The molecule has 1 aromatic heterocycles. The minimum absolute atomic E-state index is 0.0896. The molecule has 0 atom stereocenters. The van der Waals surface area contributed by atoms with Crippen molar-refractivity contribution >= 4 is 27.3 Å². The van der Waals surface area contributed by atoms with Gasteiger partial charge in [-0.1, -0.05) is 0 Å². The summed E-state index contributed by atoms with van der Waals surface area (Å²) in [6.07, 6.45) is 8.94. The van der Waals surface area contributed by atoms with Crippen LogP contribution in [0.15, 0.2) is 10.5 Å². The highest BCUT2D eigenvalue weighted by molar-refractivity contribution is 7.92. The van der Waals surface area contributed by atoms with Crippen molar-refractivity contribution in [1.29, 1.82) is 0 Å². The Morgan fingerprint density at radius 1 is 1.14 bits per heavy atom. The zero-order valence-electron chi connectivity index (χ0n) is 16.4. The van der Waals surface area contributed by atoms with Gasteiger partial charge in [0.05, 0.1) is 11.3 Å². The predicted molar refractivity (Wildman–Crippen MR) is 110 cm³/mol. The first-order chi connectivity index (χ1) is 13.8. The number of aromatic nitrogens is 1. The Labute approximate surface area is 174 Å². The molecular formula is C21H24N2O4S2. The molecule has 1 heterocycles. The number of thiazole rings is 1. The second kappa shape index (κ2) is 6.62. The molecule has 0 radical (unpaired) electrons. The molecule has 0 saturated heterocycles. The summed E-state index contributed by atoms with van der Waals surface area (Å²) in [5, 5.41) is 10.1. The van der Waals surface area contributed by atoms with Crippen LogP contribution < -0.4 is 4.72 Å². The van der Waals surface area contributed by atoms with Crippen molar-refractivity contribution in [1.82, 2.24) is 9.71 Å². The monoisotopic (exact) mass is 432 g/mol. The van der Waals surface area contributed by atoms with Crippen LogP contribution in [0.25, 0.3) is 0 Å². The number of nitrogens with one attached hydrogen (secondary N) is 1. The van der Waals surface area contributed by atoms with Crippen molar-refractivity contribution in [2.45, 2.75) is 74.7 Å². The number of fused-ring (bicyclic) bond motifs is 2. The van der Waals surface area contributed by atoms with Crippen molar-refractivity contribution in [3.63, 3.8) is 0 Å². The molecule has 1 aromatic carbocycles. The van der Waals surface area contributed by atoms with E-state index in [1.807, 2.05) is 0 Å². The van der Waals surface area contributed by atoms with Gasteiger partial charge in [0, 0.05) is 6.20 Å². The number of hydrogen-bond donors (Lipinski definition) is 2. The smallest absolute Gasteiger partial charge is 0.291 e. The Kier molecular flexibility index (Phi) is 4.38. The molecule has 6 nitrogen and oxygen atoms in total. The number of carbonyl (C=O) groups excluding carboxylic acids is 1. The van der Waals surface area contributed by atoms with Gasteiger partial charge in [-0.15, -0.1) is 11.3 Å². The van der Waals surface area contributed by atoms with Crippen LogP contribution in [-0.2, 0) is 52.5 Å². The van der Waals surface area contributed by atoms with Crippen LogP contribution >= 0.6 is 11.3 Å². The molecule has 1 amide bonds. The van der Waals surface area contributed by atoms with Crippen molar-refractivity contribution < 1.29 is 18.3 Å². The molecule has 0 spiro atoms. The van der Waals surface area contributed by atoms with Crippen LogP contribution in [0.3, 0.4) is 0 Å². The minimum Gasteiger partial charge on any atom is -0.384 e. The molecular weight excluding hydrogens is 408 g/mol. The van der Waals surface area contributed by atoms with Crippen molar-refractivity contribution in [3.8, 4) is 0 Å². The Bertz CT molecular complexity index is 1090. The number of nitrogens with zero attached hydrogens (tertiary/aromatic N) is 1. The maximum Gasteiger partial charge on any atom is 0.291 e. The third-order valence-corrected chi connectivity index (χ3v) is 9.51. The van der Waals surface area contributed by atoms with Crippen LogP contribution in [-0.4, -0.2) is 24.4 Å². The minimum atomic E-state index is -4.03. The lowest BCUT2D eigenvalue weighted by Crippen LogP contribution is -2.32. The Morgan fingerprint density at radius 2 is 1.72 bits per heavy atom. The van der Waals surface area contributed by atoms with Gasteiger partial charge in [-0.2, -0.15) is 8.42 Å². The van der Waals surface area contributed by atoms with Crippen molar-refractivity contribution in [2.75, 3.05) is 0 Å². The molecule has 2 N–H and O–H groups in total. The van der Waals surface area contributed by atoms with E-state index < -0.39 is 21.5 Å². The molecule has 3 aliphatic carbocycles. The van der Waals surface area contributed by atoms with E-state index >= 15 is 0 Å². The number of rotatable bonds is 5. The van der Waals surface area contributed by atoms with E-state index in [2.05, 4.69) is 16.6 Å². The van der Waals surface area contributed by atoms with E-state index in [-0.39, 0.29) is 10.8 Å². The summed E-state index contributed by atoms with van der Waals surface area (Å²) in [5.74, 6) is -0.515. The molecule has 154 valence electrons. The van der Waals surface area contributed by atoms with Gasteiger partial charge in [0.15, 0.2) is 0 Å². The standard InChI is InChI=1S/C21H24N2O4S2/c1-12-13-4-2-6-15(13)17(16-7-3-5-14(12)16)10-19(24)23-29(26,27)20-22-11-18(28-20)21(25)8-9-21/h11,25H,2-10H2,1H3,(H,23,24). The summed E-state index contributed by atoms with van der Waals surface area (Å²) in [7, 11) is -4.03. The maximum absolute atomic E-state index is 12.7. The third-order valence-electron chi connectivity index (χ3n) is 6.55. The molecule has 29 heavy (non-hydrogen) atoms. The topological polar surface area (TPSA) is 96.4 Å². The fourth-order valence-electron chi connectivity index (χ4n) is 4.91. The van der Waals surface area contributed by atoms with Crippen LogP contribution in [0, 0.1) is 6.92 Å². The van der Waals surface area contributed by atoms with E-state index in [1.54, 1.807) is 0 Å². The van der Waals surface area contributed by atoms with Crippen LogP contribution in [0.5, 0.6) is 0 Å². The zero-order chi connectivity index (χ0) is 20.4. The van der Waals surface area contributed by atoms with Gasteiger partial charge in [-0.05, 0) is 91.7 Å². The molecule has 8 heteroatoms. The van der Waals surface area contributed by atoms with E-state index in [4.69, 9.17) is 0 Å². The largest absolute Gasteiger partial charge is 0.384 e. The number of sulfonamides is 1. The van der Waals surface area contributed by atoms with E-state index in [9.17, 15) is 18.3 Å². The molecule has 3 aliphatic rings. The normalized spacial score (nSPS) is 19.1. The van der Waals surface area contributed by atoms with E-state index in [0.717, 1.165) is 55.4 Å². The summed E-state index contributed by atoms with van der Waals surface area (Å²) < 4.78 is 27.3. The van der Waals surface area contributed by atoms with E-state index in [1.165, 1.54) is 34.0 Å². The number of hydrogen-bond acceptors (Lipinski definition) is 6. The Balaban J connectivity index is 1.40. The lowest BCUT2D eigenvalue weighted by molar-refractivity contribution is -0.118. The summed E-state index contributed by atoms with van der Waals surface area (Å²) in [6.45, 7) is 2.19. The average Bonchev–Trinajstić information content (AvgIpc) is 3.17. The summed E-state index contributed by atoms with van der Waals surface area (Å²) >= 11 is 0.936. The molecule has 2 aromatic rings. The zero-order valence-corrected chi connectivity index (χ0v) is 18.0. The first-order valence-electron chi connectivity index (χ1n) is 10.2. The van der Waals surface area contributed by atoms with Gasteiger partial charge < -0.3 is 5.11 Å². The van der Waals surface area contributed by atoms with Crippen molar-refractivity contribution in [2.24, 2.45) is 0 Å². The van der Waals surface area contributed by atoms with Gasteiger partial charge in [0.25, 0.3) is 10.0 Å². The van der Waals surface area contributed by atoms with Gasteiger partial charge in [0.1, 0.15) is 5.60 Å². The molecule has 0 aliphatic heterocycles. The van der Waals surface area contributed by atoms with Gasteiger partial charge in [0.2, 0.25) is 10.2 Å². The SMILES string of the molecule is Cc1c2c(c(CC(=O)NS(=O)(=O)c3ncc(C4(O)CC4)s3)c3c1CCC3)CCC2. The van der Waals surface area contributed by atoms with Gasteiger partial charge >= 0.3 is 0 Å². The second-order valence-corrected chi connectivity index (χ2v) is 11.3. The van der Waals surface area contributed by atoms with Gasteiger partial charge in [-0.3, -0.25) is 4.79 Å². The fourth-order valence-corrected chi connectivity index (χ4v) is 7.19. The fraction of sp³-hybridized carbons (Fsp3) is 0.524. The van der Waals surface area contributed by atoms with E-state index in [0.29, 0.717) is 17.7 Å². The summed E-state index contributed by atoms with van der Waals surface area (Å²) in [4.78, 5) is 17.2. The van der Waals surface area contributed by atoms with Crippen LogP contribution in [0.2, 0.25) is 0 Å². The lowest BCUT2D eigenvalue weighted by Gasteiger charge is -2.18. The van der Waals surface area contributed by atoms with Crippen LogP contribution in [0.1, 0.15) is 63.9 Å². The molecule has 0 bridgehead atoms. The quantitative estimate of drug-likeness (QED) is 0.757. The maximum atomic E-state index is 12.7. The summed E-state index contributed by atoms with van der Waals surface area (Å²) in [6, 6.07) is 0.